The number of hydrogen-bond acceptors (Lipinski definition) is 5. The van der Waals surface area contributed by atoms with Crippen molar-refractivity contribution >= 4 is 33.2 Å². The van der Waals surface area contributed by atoms with Gasteiger partial charge in [-0.05, 0) is 28.9 Å². The first-order chi connectivity index (χ1) is 9.00. The Morgan fingerprint density at radius 1 is 1.42 bits per heavy atom. The van der Waals surface area contributed by atoms with Crippen LogP contribution in [0.1, 0.15) is 5.56 Å². The van der Waals surface area contributed by atoms with Gasteiger partial charge in [-0.25, -0.2) is 9.97 Å². The molecule has 0 radical (unpaired) electrons. The molecule has 98 valence electrons. The zero-order valence-corrected chi connectivity index (χ0v) is 12.0. The van der Waals surface area contributed by atoms with Gasteiger partial charge in [0.25, 0.3) is 0 Å². The van der Waals surface area contributed by atoms with Crippen LogP contribution in [-0.4, -0.2) is 14.9 Å². The molecule has 19 heavy (non-hydrogen) atoms. The summed E-state index contributed by atoms with van der Waals surface area (Å²) in [6.07, 6.45) is 1.23. The first kappa shape index (κ1) is 13.7. The van der Waals surface area contributed by atoms with E-state index in [1.165, 1.54) is 12.4 Å². The second kappa shape index (κ2) is 5.50. The van der Waals surface area contributed by atoms with Gasteiger partial charge in [-0.2, -0.15) is 0 Å². The van der Waals surface area contributed by atoms with Crippen molar-refractivity contribution in [2.75, 3.05) is 0 Å². The maximum atomic E-state index is 11.0. The lowest BCUT2D eigenvalue weighted by molar-refractivity contribution is -0.385. The van der Waals surface area contributed by atoms with Gasteiger partial charge in [-0.3, -0.25) is 10.1 Å². The van der Waals surface area contributed by atoms with Crippen LogP contribution in [0, 0.1) is 17.0 Å². The van der Waals surface area contributed by atoms with Gasteiger partial charge in [0.1, 0.15) is 11.5 Å². The van der Waals surface area contributed by atoms with Gasteiger partial charge in [0.15, 0.2) is 0 Å². The fraction of sp³-hybridized carbons (Fsp3) is 0.0909. The average molecular weight is 345 g/mol. The molecular formula is C11H7BrClN3O3. The van der Waals surface area contributed by atoms with Crippen molar-refractivity contribution in [2.45, 2.75) is 6.92 Å². The monoisotopic (exact) mass is 343 g/mol. The highest BCUT2D eigenvalue weighted by Crippen LogP contribution is 2.38. The fourth-order valence-electron chi connectivity index (χ4n) is 1.36. The summed E-state index contributed by atoms with van der Waals surface area (Å²) in [6, 6.07) is 4.54. The van der Waals surface area contributed by atoms with Crippen LogP contribution >= 0.6 is 27.5 Å². The van der Waals surface area contributed by atoms with Crippen molar-refractivity contribution in [2.24, 2.45) is 0 Å². The van der Waals surface area contributed by atoms with Crippen LogP contribution in [0.15, 0.2) is 29.0 Å². The van der Waals surface area contributed by atoms with Crippen LogP contribution in [0.25, 0.3) is 0 Å². The Bertz CT molecular complexity index is 651. The van der Waals surface area contributed by atoms with E-state index in [1.807, 2.05) is 0 Å². The standard InChI is InChI=1S/C11H7BrClN3O3/c1-6-10(13)14-5-15-11(6)19-9-7(12)3-2-4-8(9)16(17)18/h2-5H,1H3. The third-order valence-electron chi connectivity index (χ3n) is 2.32. The molecule has 1 aromatic carbocycles. The minimum atomic E-state index is -0.530. The maximum Gasteiger partial charge on any atom is 0.312 e. The number of para-hydroxylation sites is 1. The summed E-state index contributed by atoms with van der Waals surface area (Å²) in [6.45, 7) is 1.67. The Labute approximate surface area is 121 Å². The SMILES string of the molecule is Cc1c(Cl)ncnc1Oc1c(Br)cccc1[N+](=O)[O-]. The highest BCUT2D eigenvalue weighted by molar-refractivity contribution is 9.10. The van der Waals surface area contributed by atoms with Gasteiger partial charge in [0.05, 0.1) is 9.40 Å². The maximum absolute atomic E-state index is 11.0. The summed E-state index contributed by atoms with van der Waals surface area (Å²) >= 11 is 9.06. The van der Waals surface area contributed by atoms with Gasteiger partial charge in [-0.15, -0.1) is 0 Å². The number of ether oxygens (including phenoxy) is 1. The lowest BCUT2D eigenvalue weighted by Gasteiger charge is -2.09. The third-order valence-corrected chi connectivity index (χ3v) is 3.32. The summed E-state index contributed by atoms with van der Waals surface area (Å²) < 4.78 is 5.94. The first-order valence-electron chi connectivity index (χ1n) is 5.08. The first-order valence-corrected chi connectivity index (χ1v) is 6.25. The van der Waals surface area contributed by atoms with E-state index < -0.39 is 4.92 Å². The van der Waals surface area contributed by atoms with Gasteiger partial charge in [-0.1, -0.05) is 17.7 Å². The number of halogens is 2. The molecule has 0 bridgehead atoms. The number of nitro benzene ring substituents is 1. The van der Waals surface area contributed by atoms with Crippen molar-refractivity contribution in [3.8, 4) is 11.6 Å². The van der Waals surface area contributed by atoms with Gasteiger partial charge < -0.3 is 4.74 Å². The Kier molecular flexibility index (Phi) is 3.96. The topological polar surface area (TPSA) is 78.2 Å². The van der Waals surface area contributed by atoms with Crippen molar-refractivity contribution in [3.63, 3.8) is 0 Å². The molecule has 0 N–H and O–H groups in total. The molecule has 6 nitrogen and oxygen atoms in total. The molecule has 0 saturated heterocycles. The zero-order valence-electron chi connectivity index (χ0n) is 9.63. The van der Waals surface area contributed by atoms with Crippen LogP contribution in [0.5, 0.6) is 11.6 Å². The highest BCUT2D eigenvalue weighted by atomic mass is 79.9. The van der Waals surface area contributed by atoms with Crippen LogP contribution in [0.2, 0.25) is 5.15 Å². The van der Waals surface area contributed by atoms with Crippen molar-refractivity contribution in [1.82, 2.24) is 9.97 Å². The molecule has 1 heterocycles. The summed E-state index contributed by atoms with van der Waals surface area (Å²) in [5, 5.41) is 11.2. The number of benzene rings is 1. The molecule has 8 heteroatoms. The quantitative estimate of drug-likeness (QED) is 0.479. The third kappa shape index (κ3) is 2.82. The average Bonchev–Trinajstić information content (AvgIpc) is 2.36. The second-order valence-electron chi connectivity index (χ2n) is 3.54. The smallest absolute Gasteiger partial charge is 0.312 e. The van der Waals surface area contributed by atoms with E-state index in [4.69, 9.17) is 16.3 Å². The molecule has 0 aliphatic carbocycles. The largest absolute Gasteiger partial charge is 0.430 e. The van der Waals surface area contributed by atoms with Gasteiger partial charge in [0, 0.05) is 11.6 Å². The van der Waals surface area contributed by atoms with Crippen molar-refractivity contribution in [3.05, 3.63) is 49.8 Å². The Balaban J connectivity index is 2.49. The summed E-state index contributed by atoms with van der Waals surface area (Å²) in [5.41, 5.74) is 0.345. The molecule has 0 unspecified atom stereocenters. The van der Waals surface area contributed by atoms with E-state index in [-0.39, 0.29) is 22.5 Å². The van der Waals surface area contributed by atoms with Crippen LogP contribution in [0.4, 0.5) is 5.69 Å². The van der Waals surface area contributed by atoms with E-state index in [0.29, 0.717) is 10.0 Å². The molecule has 1 aromatic heterocycles. The van der Waals surface area contributed by atoms with Crippen molar-refractivity contribution < 1.29 is 9.66 Å². The Morgan fingerprint density at radius 2 is 2.16 bits per heavy atom. The van der Waals surface area contributed by atoms with E-state index in [1.54, 1.807) is 19.1 Å². The molecule has 0 fully saturated rings. The van der Waals surface area contributed by atoms with Crippen LogP contribution in [0.3, 0.4) is 0 Å². The Morgan fingerprint density at radius 3 is 2.84 bits per heavy atom. The molecule has 0 spiro atoms. The van der Waals surface area contributed by atoms with E-state index in [0.717, 1.165) is 0 Å². The minimum Gasteiger partial charge on any atom is -0.430 e. The lowest BCUT2D eigenvalue weighted by atomic mass is 10.3. The van der Waals surface area contributed by atoms with Gasteiger partial charge >= 0.3 is 5.69 Å². The van der Waals surface area contributed by atoms with Gasteiger partial charge in [0.2, 0.25) is 11.6 Å². The van der Waals surface area contributed by atoms with E-state index >= 15 is 0 Å². The Hall–Kier alpha value is -1.73. The predicted octanol–water partition coefficient (Wildman–Crippen LogP) is 3.90. The predicted molar refractivity (Wildman–Crippen MR) is 72.6 cm³/mol. The van der Waals surface area contributed by atoms with E-state index in [9.17, 15) is 10.1 Å². The summed E-state index contributed by atoms with van der Waals surface area (Å²) in [4.78, 5) is 18.1. The number of nitro groups is 1. The molecule has 0 amide bonds. The zero-order chi connectivity index (χ0) is 14.0. The number of hydrogen-bond donors (Lipinski definition) is 0. The fourth-order valence-corrected chi connectivity index (χ4v) is 1.92. The lowest BCUT2D eigenvalue weighted by Crippen LogP contribution is -1.98. The minimum absolute atomic E-state index is 0.0744. The molecular weight excluding hydrogens is 337 g/mol. The van der Waals surface area contributed by atoms with Crippen molar-refractivity contribution in [1.29, 1.82) is 0 Å². The molecule has 0 aliphatic heterocycles. The summed E-state index contributed by atoms with van der Waals surface area (Å²) in [5.74, 6) is 0.250. The van der Waals surface area contributed by atoms with Crippen LogP contribution < -0.4 is 4.74 Å². The number of aromatic nitrogens is 2. The molecule has 2 rings (SSSR count). The number of nitrogens with zero attached hydrogens (tertiary/aromatic N) is 3. The molecule has 0 atom stereocenters. The second-order valence-corrected chi connectivity index (χ2v) is 4.75. The van der Waals surface area contributed by atoms with Crippen LogP contribution in [-0.2, 0) is 0 Å². The normalized spacial score (nSPS) is 10.3. The highest BCUT2D eigenvalue weighted by Gasteiger charge is 2.20. The molecule has 0 aliphatic rings. The summed E-state index contributed by atoms with van der Waals surface area (Å²) in [7, 11) is 0. The molecule has 0 saturated carbocycles. The van der Waals surface area contributed by atoms with E-state index in [2.05, 4.69) is 25.9 Å². The number of rotatable bonds is 3. The molecule has 2 aromatic rings.